The van der Waals surface area contributed by atoms with Crippen molar-refractivity contribution < 1.29 is 0 Å². The van der Waals surface area contributed by atoms with Crippen LogP contribution in [0.1, 0.15) is 10.4 Å². The molecule has 0 spiro atoms. The van der Waals surface area contributed by atoms with Crippen molar-refractivity contribution in [1.82, 2.24) is 9.88 Å². The second kappa shape index (κ2) is 6.71. The molecule has 3 nitrogen and oxygen atoms in total. The van der Waals surface area contributed by atoms with E-state index in [4.69, 9.17) is 16.6 Å². The molecular formula is C19H20ClN3S. The highest BCUT2D eigenvalue weighted by Gasteiger charge is 2.19. The molecule has 0 saturated carbocycles. The van der Waals surface area contributed by atoms with Crippen LogP contribution in [-0.4, -0.2) is 36.1 Å². The molecule has 3 heterocycles. The Hall–Kier alpha value is -1.62. The van der Waals surface area contributed by atoms with Gasteiger partial charge in [0.15, 0.2) is 0 Å². The highest BCUT2D eigenvalue weighted by atomic mass is 35.5. The average molecular weight is 358 g/mol. The van der Waals surface area contributed by atoms with Gasteiger partial charge in [-0.15, -0.1) is 11.3 Å². The van der Waals surface area contributed by atoms with Crippen molar-refractivity contribution in [3.8, 4) is 0 Å². The van der Waals surface area contributed by atoms with Crippen LogP contribution in [0.25, 0.3) is 10.9 Å². The summed E-state index contributed by atoms with van der Waals surface area (Å²) in [5.74, 6) is 1.10. The fourth-order valence-corrected chi connectivity index (χ4v) is 4.42. The SMILES string of the molecule is Cc1cc(N2CCN(Cc3ccc(Cl)s3)CC2)nc2ccccc12. The van der Waals surface area contributed by atoms with E-state index in [2.05, 4.69) is 53.1 Å². The summed E-state index contributed by atoms with van der Waals surface area (Å²) in [6.07, 6.45) is 0. The number of hydrogen-bond donors (Lipinski definition) is 0. The van der Waals surface area contributed by atoms with Crippen LogP contribution in [0.3, 0.4) is 0 Å². The number of para-hydroxylation sites is 1. The van der Waals surface area contributed by atoms with Crippen LogP contribution >= 0.6 is 22.9 Å². The summed E-state index contributed by atoms with van der Waals surface area (Å²) in [5, 5.41) is 1.24. The normalized spacial score (nSPS) is 16.0. The number of thiophene rings is 1. The maximum Gasteiger partial charge on any atom is 0.129 e. The van der Waals surface area contributed by atoms with Gasteiger partial charge in [0.2, 0.25) is 0 Å². The molecule has 0 atom stereocenters. The maximum absolute atomic E-state index is 6.03. The van der Waals surface area contributed by atoms with E-state index in [1.54, 1.807) is 11.3 Å². The van der Waals surface area contributed by atoms with Gasteiger partial charge in [-0.05, 0) is 36.8 Å². The third-order valence-electron chi connectivity index (χ3n) is 4.61. The topological polar surface area (TPSA) is 19.4 Å². The van der Waals surface area contributed by atoms with Crippen LogP contribution in [-0.2, 0) is 6.54 Å². The summed E-state index contributed by atoms with van der Waals surface area (Å²) in [4.78, 5) is 11.1. The first-order chi connectivity index (χ1) is 11.7. The van der Waals surface area contributed by atoms with Crippen molar-refractivity contribution in [3.63, 3.8) is 0 Å². The van der Waals surface area contributed by atoms with Crippen LogP contribution < -0.4 is 4.90 Å². The lowest BCUT2D eigenvalue weighted by atomic mass is 10.1. The standard InChI is InChI=1S/C19H20ClN3S/c1-14-12-19(21-17-5-3-2-4-16(14)17)23-10-8-22(9-11-23)13-15-6-7-18(20)24-15/h2-7,12H,8-11,13H2,1H3. The average Bonchev–Trinajstić information content (AvgIpc) is 3.00. The third kappa shape index (κ3) is 3.27. The van der Waals surface area contributed by atoms with E-state index in [0.29, 0.717) is 0 Å². The highest BCUT2D eigenvalue weighted by molar-refractivity contribution is 7.16. The first-order valence-corrected chi connectivity index (χ1v) is 9.46. The zero-order valence-corrected chi connectivity index (χ0v) is 15.3. The Kier molecular flexibility index (Phi) is 4.44. The number of halogens is 1. The number of hydrogen-bond acceptors (Lipinski definition) is 4. The minimum absolute atomic E-state index is 0.875. The monoisotopic (exact) mass is 357 g/mol. The Bertz CT molecular complexity index is 853. The maximum atomic E-state index is 6.03. The van der Waals surface area contributed by atoms with Crippen molar-refractivity contribution >= 4 is 39.7 Å². The van der Waals surface area contributed by atoms with E-state index in [0.717, 1.165) is 48.4 Å². The Morgan fingerprint density at radius 2 is 1.88 bits per heavy atom. The van der Waals surface area contributed by atoms with Gasteiger partial charge < -0.3 is 4.90 Å². The van der Waals surface area contributed by atoms with Crippen molar-refractivity contribution in [1.29, 1.82) is 0 Å². The van der Waals surface area contributed by atoms with Gasteiger partial charge in [0.25, 0.3) is 0 Å². The lowest BCUT2D eigenvalue weighted by Gasteiger charge is -2.35. The molecule has 1 aromatic carbocycles. The molecule has 2 aromatic heterocycles. The number of aromatic nitrogens is 1. The Labute approximate surface area is 151 Å². The molecule has 0 radical (unpaired) electrons. The fraction of sp³-hybridized carbons (Fsp3) is 0.316. The lowest BCUT2D eigenvalue weighted by Crippen LogP contribution is -2.46. The molecule has 24 heavy (non-hydrogen) atoms. The van der Waals surface area contributed by atoms with E-state index in [1.807, 2.05) is 6.07 Å². The van der Waals surface area contributed by atoms with Gasteiger partial charge >= 0.3 is 0 Å². The molecule has 0 N–H and O–H groups in total. The predicted molar refractivity (Wildman–Crippen MR) is 103 cm³/mol. The number of anilines is 1. The molecule has 1 fully saturated rings. The first-order valence-electron chi connectivity index (χ1n) is 8.27. The van der Waals surface area contributed by atoms with Crippen LogP contribution in [0, 0.1) is 6.92 Å². The summed E-state index contributed by atoms with van der Waals surface area (Å²) < 4.78 is 0.875. The summed E-state index contributed by atoms with van der Waals surface area (Å²) in [6, 6.07) is 14.7. The summed E-state index contributed by atoms with van der Waals surface area (Å²) in [7, 11) is 0. The van der Waals surface area contributed by atoms with E-state index < -0.39 is 0 Å². The molecule has 4 rings (SSSR count). The predicted octanol–water partition coefficient (Wildman–Crippen LogP) is 4.58. The molecule has 3 aromatic rings. The molecule has 1 aliphatic heterocycles. The highest BCUT2D eigenvalue weighted by Crippen LogP contribution is 2.25. The van der Waals surface area contributed by atoms with E-state index in [9.17, 15) is 0 Å². The van der Waals surface area contributed by atoms with Gasteiger partial charge in [-0.3, -0.25) is 4.90 Å². The number of nitrogens with zero attached hydrogens (tertiary/aromatic N) is 3. The number of benzene rings is 1. The van der Waals surface area contributed by atoms with Crippen LogP contribution in [0.4, 0.5) is 5.82 Å². The van der Waals surface area contributed by atoms with Crippen molar-refractivity contribution in [3.05, 3.63) is 57.2 Å². The number of pyridine rings is 1. The minimum Gasteiger partial charge on any atom is -0.354 e. The summed E-state index contributed by atoms with van der Waals surface area (Å²) in [6.45, 7) is 7.32. The molecule has 0 unspecified atom stereocenters. The second-order valence-corrected chi connectivity index (χ2v) is 8.08. The van der Waals surface area contributed by atoms with Crippen molar-refractivity contribution in [2.75, 3.05) is 31.1 Å². The smallest absolute Gasteiger partial charge is 0.129 e. The van der Waals surface area contributed by atoms with Gasteiger partial charge in [-0.1, -0.05) is 29.8 Å². The van der Waals surface area contributed by atoms with Crippen LogP contribution in [0.15, 0.2) is 42.5 Å². The van der Waals surface area contributed by atoms with Crippen molar-refractivity contribution in [2.24, 2.45) is 0 Å². The largest absolute Gasteiger partial charge is 0.354 e. The first kappa shape index (κ1) is 15.9. The van der Waals surface area contributed by atoms with Gasteiger partial charge in [-0.2, -0.15) is 0 Å². The second-order valence-electron chi connectivity index (χ2n) is 6.28. The van der Waals surface area contributed by atoms with Crippen molar-refractivity contribution in [2.45, 2.75) is 13.5 Å². The van der Waals surface area contributed by atoms with Gasteiger partial charge in [-0.25, -0.2) is 4.98 Å². The van der Waals surface area contributed by atoms with Gasteiger partial charge in [0, 0.05) is 43.0 Å². The number of rotatable bonds is 3. The molecule has 124 valence electrons. The van der Waals surface area contributed by atoms with Gasteiger partial charge in [0.1, 0.15) is 5.82 Å². The Balaban J connectivity index is 1.45. The lowest BCUT2D eigenvalue weighted by molar-refractivity contribution is 0.251. The van der Waals surface area contributed by atoms with E-state index in [1.165, 1.54) is 15.8 Å². The fourth-order valence-electron chi connectivity index (χ4n) is 3.29. The molecule has 0 amide bonds. The van der Waals surface area contributed by atoms with E-state index >= 15 is 0 Å². The third-order valence-corrected chi connectivity index (χ3v) is 5.83. The van der Waals surface area contributed by atoms with Crippen LogP contribution in [0.2, 0.25) is 4.34 Å². The number of aryl methyl sites for hydroxylation is 1. The number of fused-ring (bicyclic) bond motifs is 1. The summed E-state index contributed by atoms with van der Waals surface area (Å²) >= 11 is 7.71. The molecule has 0 aliphatic carbocycles. The molecule has 5 heteroatoms. The molecule has 0 bridgehead atoms. The zero-order chi connectivity index (χ0) is 16.5. The summed E-state index contributed by atoms with van der Waals surface area (Å²) in [5.41, 5.74) is 2.38. The Morgan fingerprint density at radius 3 is 2.62 bits per heavy atom. The molecular weight excluding hydrogens is 338 g/mol. The number of piperazine rings is 1. The zero-order valence-electron chi connectivity index (χ0n) is 13.7. The molecule has 1 aliphatic rings. The van der Waals surface area contributed by atoms with Gasteiger partial charge in [0.05, 0.1) is 9.85 Å². The van der Waals surface area contributed by atoms with E-state index in [-0.39, 0.29) is 0 Å². The molecule has 1 saturated heterocycles. The quantitative estimate of drug-likeness (QED) is 0.684. The van der Waals surface area contributed by atoms with Crippen LogP contribution in [0.5, 0.6) is 0 Å². The Morgan fingerprint density at radius 1 is 1.08 bits per heavy atom. The minimum atomic E-state index is 0.875.